The molecule has 1 aliphatic heterocycles. The molecule has 6 heteroatoms. The molecule has 1 aromatic carbocycles. The van der Waals surface area contributed by atoms with Crippen LogP contribution >= 0.6 is 27.5 Å². The number of nitrogens with zero attached hydrogens (tertiary/aromatic N) is 1. The Hall–Kier alpha value is -1.07. The monoisotopic (exact) mass is 372 g/mol. The summed E-state index contributed by atoms with van der Waals surface area (Å²) in [6.45, 7) is 3.66. The molecule has 0 atom stereocenters. The number of rotatable bonds is 3. The lowest BCUT2D eigenvalue weighted by Gasteiger charge is -2.32. The van der Waals surface area contributed by atoms with E-state index in [4.69, 9.17) is 11.6 Å². The molecule has 1 aliphatic rings. The summed E-state index contributed by atoms with van der Waals surface area (Å²) >= 11 is 9.35. The molecule has 0 bridgehead atoms. The first kappa shape index (κ1) is 16.3. The van der Waals surface area contributed by atoms with Gasteiger partial charge in [0.1, 0.15) is 0 Å². The topological polar surface area (TPSA) is 49.4 Å². The minimum atomic E-state index is -0.00184. The quantitative estimate of drug-likeness (QED) is 0.885. The number of benzene rings is 1. The first-order valence-electron chi connectivity index (χ1n) is 6.96. The fourth-order valence-corrected chi connectivity index (χ4v) is 2.87. The number of hydrogen-bond donors (Lipinski definition) is 1. The van der Waals surface area contributed by atoms with Crippen LogP contribution in [0.4, 0.5) is 0 Å². The van der Waals surface area contributed by atoms with Gasteiger partial charge in [-0.05, 0) is 52.9 Å². The second-order valence-electron chi connectivity index (χ2n) is 5.30. The van der Waals surface area contributed by atoms with Crippen LogP contribution in [0, 0.1) is 5.92 Å². The fourth-order valence-electron chi connectivity index (χ4n) is 2.44. The highest BCUT2D eigenvalue weighted by molar-refractivity contribution is 9.10. The van der Waals surface area contributed by atoms with E-state index in [0.29, 0.717) is 23.0 Å². The maximum absolute atomic E-state index is 12.4. The molecule has 0 aromatic heterocycles. The van der Waals surface area contributed by atoms with Gasteiger partial charge in [-0.3, -0.25) is 9.59 Å². The predicted octanol–water partition coefficient (Wildman–Crippen LogP) is 3.09. The van der Waals surface area contributed by atoms with E-state index in [0.717, 1.165) is 30.4 Å². The molecule has 0 radical (unpaired) electrons. The predicted molar refractivity (Wildman–Crippen MR) is 86.5 cm³/mol. The number of nitrogens with one attached hydrogen (secondary N) is 1. The summed E-state index contributed by atoms with van der Waals surface area (Å²) in [5.74, 6) is 0.465. The third kappa shape index (κ3) is 4.45. The van der Waals surface area contributed by atoms with Crippen LogP contribution < -0.4 is 5.32 Å². The molecule has 0 aliphatic carbocycles. The number of halogens is 2. The van der Waals surface area contributed by atoms with E-state index in [2.05, 4.69) is 21.2 Å². The van der Waals surface area contributed by atoms with Gasteiger partial charge in [-0.25, -0.2) is 0 Å². The van der Waals surface area contributed by atoms with Crippen molar-refractivity contribution in [3.63, 3.8) is 0 Å². The lowest BCUT2D eigenvalue weighted by Crippen LogP contribution is -2.41. The summed E-state index contributed by atoms with van der Waals surface area (Å²) in [6, 6.07) is 5.26. The van der Waals surface area contributed by atoms with E-state index >= 15 is 0 Å². The number of carbonyl (C=O) groups excluding carboxylic acids is 2. The Balaban J connectivity index is 1.90. The smallest absolute Gasteiger partial charge is 0.253 e. The van der Waals surface area contributed by atoms with Crippen LogP contribution in [0.2, 0.25) is 5.02 Å². The van der Waals surface area contributed by atoms with Crippen molar-refractivity contribution in [2.45, 2.75) is 19.8 Å². The summed E-state index contributed by atoms with van der Waals surface area (Å²) in [5.41, 5.74) is 0.614. The Kier molecular flexibility index (Phi) is 5.65. The largest absolute Gasteiger partial charge is 0.356 e. The van der Waals surface area contributed by atoms with E-state index < -0.39 is 0 Å². The first-order valence-corrected chi connectivity index (χ1v) is 8.13. The zero-order chi connectivity index (χ0) is 15.4. The van der Waals surface area contributed by atoms with Gasteiger partial charge >= 0.3 is 0 Å². The molecule has 1 heterocycles. The van der Waals surface area contributed by atoms with Gasteiger partial charge in [0.25, 0.3) is 5.91 Å². The van der Waals surface area contributed by atoms with Gasteiger partial charge < -0.3 is 10.2 Å². The van der Waals surface area contributed by atoms with Crippen LogP contribution in [0.15, 0.2) is 22.7 Å². The second-order valence-corrected chi connectivity index (χ2v) is 6.56. The molecule has 1 N–H and O–H groups in total. The highest BCUT2D eigenvalue weighted by atomic mass is 79.9. The minimum Gasteiger partial charge on any atom is -0.356 e. The molecule has 1 saturated heterocycles. The summed E-state index contributed by atoms with van der Waals surface area (Å²) in [4.78, 5) is 25.2. The Morgan fingerprint density at radius 1 is 1.38 bits per heavy atom. The van der Waals surface area contributed by atoms with Gasteiger partial charge in [0.15, 0.2) is 0 Å². The SMILES string of the molecule is CC(=O)NCC1CCN(C(=O)c2ccc(Br)c(Cl)c2)CC1. The zero-order valence-corrected chi connectivity index (χ0v) is 14.2. The van der Waals surface area contributed by atoms with Crippen molar-refractivity contribution in [3.8, 4) is 0 Å². The lowest BCUT2D eigenvalue weighted by molar-refractivity contribution is -0.119. The third-order valence-electron chi connectivity index (χ3n) is 3.71. The summed E-state index contributed by atoms with van der Waals surface area (Å²) in [5, 5.41) is 3.38. The minimum absolute atomic E-state index is 0.00184. The molecule has 4 nitrogen and oxygen atoms in total. The number of likely N-dealkylation sites (tertiary alicyclic amines) is 1. The molecule has 21 heavy (non-hydrogen) atoms. The Morgan fingerprint density at radius 3 is 2.62 bits per heavy atom. The van der Waals surface area contributed by atoms with Gasteiger partial charge in [0.05, 0.1) is 5.02 Å². The maximum atomic E-state index is 12.4. The van der Waals surface area contributed by atoms with Crippen LogP contribution in [0.5, 0.6) is 0 Å². The molecular formula is C15H18BrClN2O2. The highest BCUT2D eigenvalue weighted by Gasteiger charge is 2.23. The third-order valence-corrected chi connectivity index (χ3v) is 4.94. The molecule has 2 rings (SSSR count). The van der Waals surface area contributed by atoms with Crippen LogP contribution in [0.25, 0.3) is 0 Å². The van der Waals surface area contributed by atoms with Crippen molar-refractivity contribution in [1.82, 2.24) is 10.2 Å². The van der Waals surface area contributed by atoms with Crippen molar-refractivity contribution in [2.75, 3.05) is 19.6 Å². The second kappa shape index (κ2) is 7.27. The van der Waals surface area contributed by atoms with Crippen LogP contribution in [-0.2, 0) is 4.79 Å². The number of hydrogen-bond acceptors (Lipinski definition) is 2. The van der Waals surface area contributed by atoms with Crippen LogP contribution in [0.1, 0.15) is 30.1 Å². The molecule has 114 valence electrons. The molecule has 1 aromatic rings. The number of piperidine rings is 1. The van der Waals surface area contributed by atoms with Gasteiger partial charge in [0, 0.05) is 36.6 Å². The molecule has 1 fully saturated rings. The molecule has 0 saturated carbocycles. The Morgan fingerprint density at radius 2 is 2.05 bits per heavy atom. The van der Waals surface area contributed by atoms with Gasteiger partial charge in [-0.15, -0.1) is 0 Å². The number of carbonyl (C=O) groups is 2. The normalized spacial score (nSPS) is 15.9. The average molecular weight is 374 g/mol. The maximum Gasteiger partial charge on any atom is 0.253 e. The van der Waals surface area contributed by atoms with E-state index in [1.165, 1.54) is 6.92 Å². The van der Waals surface area contributed by atoms with Crippen molar-refractivity contribution in [1.29, 1.82) is 0 Å². The van der Waals surface area contributed by atoms with Crippen LogP contribution in [-0.4, -0.2) is 36.3 Å². The molecule has 2 amide bonds. The van der Waals surface area contributed by atoms with E-state index in [9.17, 15) is 9.59 Å². The van der Waals surface area contributed by atoms with E-state index in [-0.39, 0.29) is 11.8 Å². The summed E-state index contributed by atoms with van der Waals surface area (Å²) in [7, 11) is 0. The molecule has 0 spiro atoms. The van der Waals surface area contributed by atoms with Gasteiger partial charge in [0.2, 0.25) is 5.91 Å². The Labute approximate surface area is 138 Å². The first-order chi connectivity index (χ1) is 9.97. The number of amides is 2. The molecular weight excluding hydrogens is 356 g/mol. The lowest BCUT2D eigenvalue weighted by atomic mass is 9.96. The molecule has 0 unspecified atom stereocenters. The Bertz CT molecular complexity index is 542. The van der Waals surface area contributed by atoms with E-state index in [1.807, 2.05) is 4.90 Å². The van der Waals surface area contributed by atoms with Crippen LogP contribution in [0.3, 0.4) is 0 Å². The van der Waals surface area contributed by atoms with Crippen molar-refractivity contribution < 1.29 is 9.59 Å². The highest BCUT2D eigenvalue weighted by Crippen LogP contribution is 2.25. The van der Waals surface area contributed by atoms with Crippen molar-refractivity contribution in [3.05, 3.63) is 33.3 Å². The van der Waals surface area contributed by atoms with E-state index in [1.54, 1.807) is 18.2 Å². The zero-order valence-electron chi connectivity index (χ0n) is 11.9. The average Bonchev–Trinajstić information content (AvgIpc) is 2.48. The van der Waals surface area contributed by atoms with Gasteiger partial charge in [-0.1, -0.05) is 11.6 Å². The standard InChI is InChI=1S/C15H18BrClN2O2/c1-10(20)18-9-11-4-6-19(7-5-11)15(21)12-2-3-13(16)14(17)8-12/h2-3,8,11H,4-7,9H2,1H3,(H,18,20). The fraction of sp³-hybridized carbons (Fsp3) is 0.467. The van der Waals surface area contributed by atoms with Gasteiger partial charge in [-0.2, -0.15) is 0 Å². The van der Waals surface area contributed by atoms with Crippen molar-refractivity contribution in [2.24, 2.45) is 5.92 Å². The summed E-state index contributed by atoms with van der Waals surface area (Å²) in [6.07, 6.45) is 1.83. The summed E-state index contributed by atoms with van der Waals surface area (Å²) < 4.78 is 0.787. The van der Waals surface area contributed by atoms with Crippen molar-refractivity contribution >= 4 is 39.3 Å².